The molecule has 0 atom stereocenters. The minimum atomic E-state index is -0.888. The first kappa shape index (κ1) is 12.8. The first-order valence-corrected chi connectivity index (χ1v) is 5.34. The van der Waals surface area contributed by atoms with E-state index in [1.807, 2.05) is 0 Å². The monoisotopic (exact) mass is 242 g/mol. The zero-order chi connectivity index (χ0) is 12.5. The predicted molar refractivity (Wildman–Crippen MR) is 63.1 cm³/mol. The third kappa shape index (κ3) is 2.47. The molecule has 3 nitrogen and oxygen atoms in total. The van der Waals surface area contributed by atoms with Crippen LogP contribution in [0.2, 0.25) is 5.02 Å². The first-order valence-electron chi connectivity index (χ1n) is 4.96. The van der Waals surface area contributed by atoms with Crippen molar-refractivity contribution in [1.29, 1.82) is 0 Å². The minimum Gasteiger partial charge on any atom is -0.506 e. The van der Waals surface area contributed by atoms with Gasteiger partial charge in [-0.3, -0.25) is 4.79 Å². The van der Waals surface area contributed by atoms with E-state index in [9.17, 15) is 9.90 Å². The van der Waals surface area contributed by atoms with Gasteiger partial charge in [-0.15, -0.1) is 0 Å². The van der Waals surface area contributed by atoms with E-state index in [4.69, 9.17) is 16.7 Å². The summed E-state index contributed by atoms with van der Waals surface area (Å²) in [6.07, 6.45) is -0.0325. The number of carbonyl (C=O) groups is 1. The zero-order valence-electron chi connectivity index (χ0n) is 9.54. The molecule has 0 radical (unpaired) electrons. The fourth-order valence-electron chi connectivity index (χ4n) is 1.66. The SMILES string of the molecule is Cc1ccc(C(C)(C)CC(=O)O)c(Cl)c1O. The van der Waals surface area contributed by atoms with Crippen LogP contribution in [0.15, 0.2) is 12.1 Å². The van der Waals surface area contributed by atoms with Gasteiger partial charge in [0.25, 0.3) is 0 Å². The highest BCUT2D eigenvalue weighted by Gasteiger charge is 2.27. The lowest BCUT2D eigenvalue weighted by Gasteiger charge is -2.25. The van der Waals surface area contributed by atoms with Crippen LogP contribution in [0.25, 0.3) is 0 Å². The van der Waals surface area contributed by atoms with E-state index in [1.165, 1.54) is 0 Å². The molecule has 0 fully saturated rings. The highest BCUT2D eigenvalue weighted by Crippen LogP contribution is 2.38. The van der Waals surface area contributed by atoms with Crippen LogP contribution in [-0.4, -0.2) is 16.2 Å². The number of phenols is 1. The summed E-state index contributed by atoms with van der Waals surface area (Å²) in [5, 5.41) is 18.8. The molecule has 0 aromatic heterocycles. The van der Waals surface area contributed by atoms with Crippen molar-refractivity contribution >= 4 is 17.6 Å². The third-order valence-corrected chi connectivity index (χ3v) is 3.02. The lowest BCUT2D eigenvalue weighted by Crippen LogP contribution is -2.22. The minimum absolute atomic E-state index is 0.0256. The summed E-state index contributed by atoms with van der Waals surface area (Å²) in [6, 6.07) is 3.50. The Hall–Kier alpha value is -1.22. The van der Waals surface area contributed by atoms with Gasteiger partial charge in [0.05, 0.1) is 11.4 Å². The topological polar surface area (TPSA) is 57.5 Å². The van der Waals surface area contributed by atoms with E-state index >= 15 is 0 Å². The number of hydrogen-bond acceptors (Lipinski definition) is 2. The molecule has 2 N–H and O–H groups in total. The molecule has 0 saturated carbocycles. The van der Waals surface area contributed by atoms with Crippen LogP contribution < -0.4 is 0 Å². The highest BCUT2D eigenvalue weighted by molar-refractivity contribution is 6.33. The number of aliphatic carboxylic acids is 1. The Bertz CT molecular complexity index is 425. The van der Waals surface area contributed by atoms with E-state index in [1.54, 1.807) is 32.9 Å². The molecule has 1 rings (SSSR count). The summed E-state index contributed by atoms with van der Waals surface area (Å²) in [4.78, 5) is 10.7. The van der Waals surface area contributed by atoms with Gasteiger partial charge < -0.3 is 10.2 Å². The van der Waals surface area contributed by atoms with Gasteiger partial charge in [0, 0.05) is 5.41 Å². The van der Waals surface area contributed by atoms with Gasteiger partial charge in [-0.05, 0) is 18.1 Å². The van der Waals surface area contributed by atoms with Crippen molar-refractivity contribution in [2.24, 2.45) is 0 Å². The highest BCUT2D eigenvalue weighted by atomic mass is 35.5. The molecule has 0 bridgehead atoms. The Labute approximate surface area is 99.7 Å². The number of carboxylic acids is 1. The summed E-state index contributed by atoms with van der Waals surface area (Å²) >= 11 is 6.02. The molecular formula is C12H15ClO3. The number of carboxylic acid groups (broad SMARTS) is 1. The molecule has 1 aromatic rings. The smallest absolute Gasteiger partial charge is 0.304 e. The molecule has 0 aliphatic carbocycles. The molecule has 0 saturated heterocycles. The fourth-order valence-corrected chi connectivity index (χ4v) is 2.12. The molecular weight excluding hydrogens is 228 g/mol. The molecule has 88 valence electrons. The van der Waals surface area contributed by atoms with Crippen molar-refractivity contribution in [1.82, 2.24) is 0 Å². The molecule has 0 spiro atoms. The van der Waals surface area contributed by atoms with Crippen LogP contribution in [0.3, 0.4) is 0 Å². The number of halogens is 1. The van der Waals surface area contributed by atoms with Crippen molar-refractivity contribution in [3.8, 4) is 5.75 Å². The number of hydrogen-bond donors (Lipinski definition) is 2. The van der Waals surface area contributed by atoms with Crippen LogP contribution >= 0.6 is 11.6 Å². The quantitative estimate of drug-likeness (QED) is 0.856. The first-order chi connectivity index (χ1) is 7.25. The van der Waals surface area contributed by atoms with Crippen LogP contribution in [0.4, 0.5) is 0 Å². The lowest BCUT2D eigenvalue weighted by molar-refractivity contribution is -0.138. The standard InChI is InChI=1S/C12H15ClO3/c1-7-4-5-8(10(13)11(7)16)12(2,3)6-9(14)15/h4-5,16H,6H2,1-3H3,(H,14,15). The van der Waals surface area contributed by atoms with Crippen LogP contribution in [0.5, 0.6) is 5.75 Å². The van der Waals surface area contributed by atoms with E-state index < -0.39 is 11.4 Å². The van der Waals surface area contributed by atoms with Gasteiger partial charge in [0.1, 0.15) is 5.75 Å². The Kier molecular flexibility index (Phi) is 3.48. The Balaban J connectivity index is 3.23. The van der Waals surface area contributed by atoms with E-state index in [2.05, 4.69) is 0 Å². The maximum atomic E-state index is 10.7. The molecule has 4 heteroatoms. The van der Waals surface area contributed by atoms with E-state index in [0.717, 1.165) is 0 Å². The number of rotatable bonds is 3. The second-order valence-electron chi connectivity index (χ2n) is 4.55. The number of aromatic hydroxyl groups is 1. The van der Waals surface area contributed by atoms with Gasteiger partial charge in [0.15, 0.2) is 0 Å². The van der Waals surface area contributed by atoms with Crippen LogP contribution in [0.1, 0.15) is 31.4 Å². The van der Waals surface area contributed by atoms with Gasteiger partial charge in [-0.2, -0.15) is 0 Å². The van der Waals surface area contributed by atoms with Crippen molar-refractivity contribution in [2.45, 2.75) is 32.6 Å². The Morgan fingerprint density at radius 1 is 1.44 bits per heavy atom. The fraction of sp³-hybridized carbons (Fsp3) is 0.417. The maximum absolute atomic E-state index is 10.7. The second kappa shape index (κ2) is 4.34. The summed E-state index contributed by atoms with van der Waals surface area (Å²) < 4.78 is 0. The largest absolute Gasteiger partial charge is 0.506 e. The summed E-state index contributed by atoms with van der Waals surface area (Å²) in [6.45, 7) is 5.32. The third-order valence-electron chi connectivity index (χ3n) is 2.64. The van der Waals surface area contributed by atoms with Gasteiger partial charge in [-0.1, -0.05) is 37.6 Å². The average Bonchev–Trinajstić information content (AvgIpc) is 2.11. The second-order valence-corrected chi connectivity index (χ2v) is 4.92. The van der Waals surface area contributed by atoms with Crippen molar-refractivity contribution in [3.63, 3.8) is 0 Å². The molecule has 0 heterocycles. The predicted octanol–water partition coefficient (Wildman–Crippen LogP) is 3.11. The summed E-state index contributed by atoms with van der Waals surface area (Å²) in [5.41, 5.74) is 0.730. The van der Waals surface area contributed by atoms with Gasteiger partial charge >= 0.3 is 5.97 Å². The van der Waals surface area contributed by atoms with E-state index in [-0.39, 0.29) is 17.2 Å². The van der Waals surface area contributed by atoms with Crippen LogP contribution in [0, 0.1) is 6.92 Å². The summed E-state index contributed by atoms with van der Waals surface area (Å²) in [7, 11) is 0. The summed E-state index contributed by atoms with van der Waals surface area (Å²) in [5.74, 6) is -0.862. The molecule has 0 amide bonds. The molecule has 0 aliphatic heterocycles. The molecule has 1 aromatic carbocycles. The Morgan fingerprint density at radius 2 is 2.00 bits per heavy atom. The van der Waals surface area contributed by atoms with Crippen molar-refractivity contribution < 1.29 is 15.0 Å². The van der Waals surface area contributed by atoms with Crippen LogP contribution in [-0.2, 0) is 10.2 Å². The normalized spacial score (nSPS) is 11.5. The van der Waals surface area contributed by atoms with E-state index in [0.29, 0.717) is 11.1 Å². The number of phenolic OH excluding ortho intramolecular Hbond substituents is 1. The lowest BCUT2D eigenvalue weighted by atomic mass is 9.81. The molecule has 0 unspecified atom stereocenters. The maximum Gasteiger partial charge on any atom is 0.304 e. The number of benzene rings is 1. The van der Waals surface area contributed by atoms with Crippen molar-refractivity contribution in [2.75, 3.05) is 0 Å². The van der Waals surface area contributed by atoms with Crippen molar-refractivity contribution in [3.05, 3.63) is 28.3 Å². The van der Waals surface area contributed by atoms with Gasteiger partial charge in [-0.25, -0.2) is 0 Å². The zero-order valence-corrected chi connectivity index (χ0v) is 10.3. The number of aryl methyl sites for hydroxylation is 1. The Morgan fingerprint density at radius 3 is 2.50 bits per heavy atom. The molecule has 16 heavy (non-hydrogen) atoms. The molecule has 0 aliphatic rings. The van der Waals surface area contributed by atoms with Gasteiger partial charge in [0.2, 0.25) is 0 Å². The average molecular weight is 243 g/mol.